The first-order valence-electron chi connectivity index (χ1n) is 26.0. The fourth-order valence-electron chi connectivity index (χ4n) is 11.9. The maximum Gasteiger partial charge on any atom is 0.194 e. The molecule has 3 nitrogen and oxygen atoms in total. The van der Waals surface area contributed by atoms with Gasteiger partial charge >= 0.3 is 0 Å². The summed E-state index contributed by atoms with van der Waals surface area (Å²) in [6, 6.07) is 100.0. The number of fused-ring (bicyclic) bond motifs is 9. The SMILES string of the molecule is O=C1c2cc(-c3ccc(-n4c5ccc(-c6ccccc6)cc5c5cc(-c6ccccc6)ccc54)cc3)ccc2-c2ccc(-c3ccc(-n4c5ccc(-c6ccccc6)cc5c5cc(-c6ccccc6)ccc54)cc3)cc21. The molecule has 0 unspecified atom stereocenters. The molecule has 15 rings (SSSR count). The van der Waals surface area contributed by atoms with Crippen LogP contribution in [0.1, 0.15) is 15.9 Å². The van der Waals surface area contributed by atoms with Gasteiger partial charge < -0.3 is 9.13 Å². The van der Waals surface area contributed by atoms with E-state index in [0.717, 1.165) is 77.9 Å². The highest BCUT2D eigenvalue weighted by Crippen LogP contribution is 2.43. The molecule has 3 heteroatoms. The summed E-state index contributed by atoms with van der Waals surface area (Å²) < 4.78 is 4.75. The highest BCUT2D eigenvalue weighted by molar-refractivity contribution is 6.22. The largest absolute Gasteiger partial charge is 0.309 e. The van der Waals surface area contributed by atoms with E-state index in [2.05, 4.69) is 288 Å². The van der Waals surface area contributed by atoms with Crippen molar-refractivity contribution >= 4 is 49.4 Å². The molecule has 0 bridgehead atoms. The fraction of sp³-hybridized carbons (Fsp3) is 0. The molecule has 0 N–H and O–H groups in total. The number of carbonyl (C=O) groups excluding carboxylic acids is 1. The third-order valence-corrected chi connectivity index (χ3v) is 15.7. The van der Waals surface area contributed by atoms with Crippen LogP contribution >= 0.6 is 0 Å². The van der Waals surface area contributed by atoms with Gasteiger partial charge in [-0.05, 0) is 163 Å². The highest BCUT2D eigenvalue weighted by atomic mass is 16.1. The van der Waals surface area contributed by atoms with E-state index in [4.69, 9.17) is 0 Å². The van der Waals surface area contributed by atoms with E-state index < -0.39 is 0 Å². The molecule has 0 aliphatic heterocycles. The van der Waals surface area contributed by atoms with Gasteiger partial charge in [-0.2, -0.15) is 0 Å². The van der Waals surface area contributed by atoms with Crippen molar-refractivity contribution in [2.45, 2.75) is 0 Å². The van der Waals surface area contributed by atoms with Crippen LogP contribution in [0.25, 0.3) is 133 Å². The van der Waals surface area contributed by atoms with Gasteiger partial charge in [0.15, 0.2) is 5.78 Å². The van der Waals surface area contributed by atoms with Crippen LogP contribution in [0.2, 0.25) is 0 Å². The lowest BCUT2D eigenvalue weighted by Gasteiger charge is -2.11. The Morgan fingerprint density at radius 1 is 0.197 bits per heavy atom. The Bertz CT molecular complexity index is 4100. The number of carbonyl (C=O) groups is 1. The van der Waals surface area contributed by atoms with Gasteiger partial charge in [-0.3, -0.25) is 4.79 Å². The Labute approximate surface area is 440 Å². The van der Waals surface area contributed by atoms with Gasteiger partial charge in [0.05, 0.1) is 22.1 Å². The highest BCUT2D eigenvalue weighted by Gasteiger charge is 2.28. The monoisotopic (exact) mass is 966 g/mol. The Morgan fingerprint density at radius 2 is 0.434 bits per heavy atom. The molecule has 2 aromatic heterocycles. The van der Waals surface area contributed by atoms with E-state index in [1.807, 2.05) is 0 Å². The molecule has 14 aromatic rings. The quantitative estimate of drug-likeness (QED) is 0.149. The molecule has 0 radical (unpaired) electrons. The zero-order valence-corrected chi connectivity index (χ0v) is 41.4. The summed E-state index contributed by atoms with van der Waals surface area (Å²) in [5.41, 5.74) is 24.0. The summed E-state index contributed by atoms with van der Waals surface area (Å²) in [5, 5.41) is 4.85. The van der Waals surface area contributed by atoms with Crippen LogP contribution in [0.4, 0.5) is 0 Å². The van der Waals surface area contributed by atoms with Crippen molar-refractivity contribution in [3.05, 3.63) is 290 Å². The van der Waals surface area contributed by atoms with E-state index in [1.54, 1.807) is 0 Å². The van der Waals surface area contributed by atoms with Gasteiger partial charge in [-0.15, -0.1) is 0 Å². The number of rotatable bonds is 8. The molecule has 0 saturated carbocycles. The van der Waals surface area contributed by atoms with Crippen molar-refractivity contribution < 1.29 is 4.79 Å². The number of nitrogens with zero attached hydrogens (tertiary/aromatic N) is 2. The van der Waals surface area contributed by atoms with Crippen molar-refractivity contribution in [1.82, 2.24) is 9.13 Å². The molecular weight excluding hydrogens is 921 g/mol. The average Bonchev–Trinajstić information content (AvgIpc) is 4.20. The Kier molecular flexibility index (Phi) is 10.0. The minimum Gasteiger partial charge on any atom is -0.309 e. The van der Waals surface area contributed by atoms with Crippen LogP contribution in [-0.4, -0.2) is 14.9 Å². The zero-order valence-electron chi connectivity index (χ0n) is 41.4. The smallest absolute Gasteiger partial charge is 0.194 e. The standard InChI is InChI=1S/C73H46N2O/c76-73-67-45-53(51-21-31-59(32-22-51)74-69-37-27-55(47-13-5-1-6-14-47)41-63(69)64-42-56(28-38-70(64)74)48-15-7-2-8-16-48)25-35-61(67)62-36-26-54(46-68(62)73)52-23-33-60(34-24-52)75-71-39-29-57(49-17-9-3-10-18-49)43-65(71)66-44-58(30-40-72(66)75)50-19-11-4-12-20-50/h1-46H. The fourth-order valence-corrected chi connectivity index (χ4v) is 11.9. The second kappa shape index (κ2) is 17.5. The van der Waals surface area contributed by atoms with E-state index in [0.29, 0.717) is 0 Å². The van der Waals surface area contributed by atoms with Crippen LogP contribution in [0.5, 0.6) is 0 Å². The molecule has 0 spiro atoms. The number of hydrogen-bond donors (Lipinski definition) is 0. The summed E-state index contributed by atoms with van der Waals surface area (Å²) >= 11 is 0. The minimum absolute atomic E-state index is 0.0620. The van der Waals surface area contributed by atoms with Crippen molar-refractivity contribution in [2.75, 3.05) is 0 Å². The van der Waals surface area contributed by atoms with Crippen LogP contribution in [0.3, 0.4) is 0 Å². The first kappa shape index (κ1) is 43.5. The second-order valence-corrected chi connectivity index (χ2v) is 20.0. The van der Waals surface area contributed by atoms with Gasteiger partial charge in [-0.25, -0.2) is 0 Å². The molecule has 1 aliphatic rings. The van der Waals surface area contributed by atoms with Crippen LogP contribution < -0.4 is 0 Å². The number of aromatic nitrogens is 2. The maximum absolute atomic E-state index is 14.4. The van der Waals surface area contributed by atoms with Crippen molar-refractivity contribution in [3.8, 4) is 89.3 Å². The van der Waals surface area contributed by atoms with Crippen molar-refractivity contribution in [1.29, 1.82) is 0 Å². The number of benzene rings is 12. The summed E-state index contributed by atoms with van der Waals surface area (Å²) in [6.07, 6.45) is 0. The van der Waals surface area contributed by atoms with Gasteiger partial charge in [0, 0.05) is 44.0 Å². The lowest BCUT2D eigenvalue weighted by molar-refractivity contribution is 0.104. The maximum atomic E-state index is 14.4. The summed E-state index contributed by atoms with van der Waals surface area (Å²) in [6.45, 7) is 0. The lowest BCUT2D eigenvalue weighted by Crippen LogP contribution is -1.97. The molecule has 12 aromatic carbocycles. The molecule has 0 amide bonds. The average molecular weight is 967 g/mol. The molecule has 0 fully saturated rings. The first-order valence-corrected chi connectivity index (χ1v) is 26.0. The Hall–Kier alpha value is -10.1. The van der Waals surface area contributed by atoms with E-state index in [-0.39, 0.29) is 5.78 Å². The molecule has 354 valence electrons. The summed E-state index contributed by atoms with van der Waals surface area (Å²) in [4.78, 5) is 14.4. The number of ketones is 1. The van der Waals surface area contributed by atoms with Gasteiger partial charge in [0.1, 0.15) is 0 Å². The molecule has 76 heavy (non-hydrogen) atoms. The molecule has 0 atom stereocenters. The minimum atomic E-state index is 0.0620. The van der Waals surface area contributed by atoms with Crippen molar-refractivity contribution in [3.63, 3.8) is 0 Å². The van der Waals surface area contributed by atoms with Gasteiger partial charge in [0.2, 0.25) is 0 Å². The third-order valence-electron chi connectivity index (χ3n) is 15.7. The summed E-state index contributed by atoms with van der Waals surface area (Å²) in [5.74, 6) is 0.0620. The molecule has 0 saturated heterocycles. The normalized spacial score (nSPS) is 12.0. The van der Waals surface area contributed by atoms with E-state index >= 15 is 0 Å². The predicted octanol–water partition coefficient (Wildman–Crippen LogP) is 19.1. The van der Waals surface area contributed by atoms with Crippen LogP contribution in [0, 0.1) is 0 Å². The van der Waals surface area contributed by atoms with Gasteiger partial charge in [0.25, 0.3) is 0 Å². The Balaban J connectivity index is 0.734. The third kappa shape index (κ3) is 7.16. The molecule has 1 aliphatic carbocycles. The van der Waals surface area contributed by atoms with E-state index in [1.165, 1.54) is 66.1 Å². The number of hydrogen-bond acceptors (Lipinski definition) is 1. The van der Waals surface area contributed by atoms with Crippen molar-refractivity contribution in [2.24, 2.45) is 0 Å². The van der Waals surface area contributed by atoms with Crippen LogP contribution in [0.15, 0.2) is 279 Å². The zero-order chi connectivity index (χ0) is 50.3. The lowest BCUT2D eigenvalue weighted by atomic mass is 9.98. The predicted molar refractivity (Wildman–Crippen MR) is 317 cm³/mol. The topological polar surface area (TPSA) is 26.9 Å². The summed E-state index contributed by atoms with van der Waals surface area (Å²) in [7, 11) is 0. The Morgan fingerprint density at radius 3 is 0.724 bits per heavy atom. The van der Waals surface area contributed by atoms with E-state index in [9.17, 15) is 4.79 Å². The first-order chi connectivity index (χ1) is 37.6. The van der Waals surface area contributed by atoms with Crippen LogP contribution in [-0.2, 0) is 0 Å². The molecular formula is C73H46N2O. The van der Waals surface area contributed by atoms with Gasteiger partial charge in [-0.1, -0.05) is 194 Å². The second-order valence-electron chi connectivity index (χ2n) is 20.0. The molecule has 2 heterocycles.